The van der Waals surface area contributed by atoms with Gasteiger partial charge in [-0.2, -0.15) is 0 Å². The standard InChI is InChI=1S/C7H10O2/c8-7(9)5-2-1-4-3-6(4)5/h4-6H,1-3H2,(H,8,9). The van der Waals surface area contributed by atoms with Crippen molar-refractivity contribution in [3.05, 3.63) is 0 Å². The minimum Gasteiger partial charge on any atom is -0.481 e. The van der Waals surface area contributed by atoms with Crippen LogP contribution < -0.4 is 0 Å². The molecule has 3 atom stereocenters. The van der Waals surface area contributed by atoms with Gasteiger partial charge in [0.1, 0.15) is 0 Å². The van der Waals surface area contributed by atoms with Gasteiger partial charge < -0.3 is 5.11 Å². The Morgan fingerprint density at radius 1 is 1.44 bits per heavy atom. The Bertz CT molecular complexity index is 153. The first-order valence-corrected chi connectivity index (χ1v) is 3.52. The van der Waals surface area contributed by atoms with Crippen LogP contribution in [0.15, 0.2) is 0 Å². The lowest BCUT2D eigenvalue weighted by molar-refractivity contribution is -0.142. The van der Waals surface area contributed by atoms with E-state index in [9.17, 15) is 4.79 Å². The molecule has 0 aromatic rings. The maximum absolute atomic E-state index is 10.4. The SMILES string of the molecule is O=C(O)C1CCC2CC21. The Morgan fingerprint density at radius 3 is 2.44 bits per heavy atom. The smallest absolute Gasteiger partial charge is 0.306 e. The van der Waals surface area contributed by atoms with Crippen molar-refractivity contribution in [1.82, 2.24) is 0 Å². The van der Waals surface area contributed by atoms with Crippen LogP contribution in [0.25, 0.3) is 0 Å². The first-order valence-electron chi connectivity index (χ1n) is 3.52. The molecular weight excluding hydrogens is 116 g/mol. The molecule has 0 aliphatic heterocycles. The quantitative estimate of drug-likeness (QED) is 0.571. The lowest BCUT2D eigenvalue weighted by Crippen LogP contribution is -2.12. The third kappa shape index (κ3) is 0.655. The Labute approximate surface area is 53.9 Å². The first-order chi connectivity index (χ1) is 4.29. The van der Waals surface area contributed by atoms with Gasteiger partial charge >= 0.3 is 5.97 Å². The van der Waals surface area contributed by atoms with Crippen LogP contribution in [0, 0.1) is 17.8 Å². The van der Waals surface area contributed by atoms with E-state index in [1.165, 1.54) is 12.8 Å². The maximum atomic E-state index is 10.4. The largest absolute Gasteiger partial charge is 0.481 e. The van der Waals surface area contributed by atoms with Gasteiger partial charge in [-0.3, -0.25) is 4.79 Å². The van der Waals surface area contributed by atoms with Crippen molar-refractivity contribution in [3.63, 3.8) is 0 Å². The highest BCUT2D eigenvalue weighted by Gasteiger charge is 2.50. The predicted molar refractivity (Wildman–Crippen MR) is 32.0 cm³/mol. The molecule has 0 bridgehead atoms. The summed E-state index contributed by atoms with van der Waals surface area (Å²) in [4.78, 5) is 10.4. The topological polar surface area (TPSA) is 37.3 Å². The van der Waals surface area contributed by atoms with E-state index in [1.807, 2.05) is 0 Å². The van der Waals surface area contributed by atoms with E-state index < -0.39 is 5.97 Å². The highest BCUT2D eigenvalue weighted by atomic mass is 16.4. The van der Waals surface area contributed by atoms with Gasteiger partial charge in [0, 0.05) is 0 Å². The van der Waals surface area contributed by atoms with Gasteiger partial charge in [0.2, 0.25) is 0 Å². The Balaban J connectivity index is 2.06. The van der Waals surface area contributed by atoms with Gasteiger partial charge in [0.15, 0.2) is 0 Å². The lowest BCUT2D eigenvalue weighted by Gasteiger charge is -2.02. The molecule has 2 heteroatoms. The third-order valence-corrected chi connectivity index (χ3v) is 2.66. The molecule has 3 unspecified atom stereocenters. The minimum absolute atomic E-state index is 0.0231. The van der Waals surface area contributed by atoms with Crippen molar-refractivity contribution >= 4 is 5.97 Å². The second kappa shape index (κ2) is 1.49. The van der Waals surface area contributed by atoms with Crippen molar-refractivity contribution in [2.45, 2.75) is 19.3 Å². The maximum Gasteiger partial charge on any atom is 0.306 e. The summed E-state index contributed by atoms with van der Waals surface area (Å²) in [5, 5.41) is 8.61. The van der Waals surface area contributed by atoms with Crippen LogP contribution in [0.2, 0.25) is 0 Å². The van der Waals surface area contributed by atoms with Gasteiger partial charge in [-0.1, -0.05) is 0 Å². The molecule has 9 heavy (non-hydrogen) atoms. The van der Waals surface area contributed by atoms with Crippen molar-refractivity contribution < 1.29 is 9.90 Å². The minimum atomic E-state index is -0.569. The number of carboxylic acid groups (broad SMARTS) is 1. The molecule has 2 rings (SSSR count). The summed E-state index contributed by atoms with van der Waals surface area (Å²) in [6.07, 6.45) is 3.29. The summed E-state index contributed by atoms with van der Waals surface area (Å²) in [5.41, 5.74) is 0. The number of rotatable bonds is 1. The molecule has 0 aromatic heterocycles. The fourth-order valence-corrected chi connectivity index (χ4v) is 2.01. The van der Waals surface area contributed by atoms with Gasteiger partial charge in [-0.15, -0.1) is 0 Å². The van der Waals surface area contributed by atoms with Crippen LogP contribution in [0.4, 0.5) is 0 Å². The van der Waals surface area contributed by atoms with Crippen LogP contribution in [-0.4, -0.2) is 11.1 Å². The van der Waals surface area contributed by atoms with Crippen LogP contribution in [0.1, 0.15) is 19.3 Å². The van der Waals surface area contributed by atoms with Gasteiger partial charge in [0.25, 0.3) is 0 Å². The molecule has 2 saturated carbocycles. The molecule has 1 N–H and O–H groups in total. The van der Waals surface area contributed by atoms with Gasteiger partial charge in [-0.25, -0.2) is 0 Å². The van der Waals surface area contributed by atoms with Crippen LogP contribution in [-0.2, 0) is 4.79 Å². The third-order valence-electron chi connectivity index (χ3n) is 2.66. The molecular formula is C7H10O2. The van der Waals surface area contributed by atoms with Crippen molar-refractivity contribution in [1.29, 1.82) is 0 Å². The average Bonchev–Trinajstić information content (AvgIpc) is 2.43. The molecule has 0 radical (unpaired) electrons. The summed E-state index contributed by atoms with van der Waals surface area (Å²) >= 11 is 0. The van der Waals surface area contributed by atoms with Crippen molar-refractivity contribution in [2.75, 3.05) is 0 Å². The van der Waals surface area contributed by atoms with Crippen LogP contribution >= 0.6 is 0 Å². The molecule has 2 aliphatic rings. The molecule has 0 heterocycles. The number of carbonyl (C=O) groups is 1. The summed E-state index contributed by atoms with van der Waals surface area (Å²) in [6, 6.07) is 0. The Hall–Kier alpha value is -0.530. The summed E-state index contributed by atoms with van der Waals surface area (Å²) in [6.45, 7) is 0. The van der Waals surface area contributed by atoms with Crippen molar-refractivity contribution in [3.8, 4) is 0 Å². The normalized spacial score (nSPS) is 46.4. The second-order valence-corrected chi connectivity index (χ2v) is 3.18. The molecule has 0 saturated heterocycles. The second-order valence-electron chi connectivity index (χ2n) is 3.18. The van der Waals surface area contributed by atoms with E-state index in [-0.39, 0.29) is 5.92 Å². The van der Waals surface area contributed by atoms with Crippen LogP contribution in [0.5, 0.6) is 0 Å². The molecule has 2 fully saturated rings. The molecule has 0 aromatic carbocycles. The lowest BCUT2D eigenvalue weighted by atomic mass is 10.0. The van der Waals surface area contributed by atoms with Crippen LogP contribution in [0.3, 0.4) is 0 Å². The zero-order valence-corrected chi connectivity index (χ0v) is 5.21. The average molecular weight is 126 g/mol. The van der Waals surface area contributed by atoms with E-state index >= 15 is 0 Å². The van der Waals surface area contributed by atoms with E-state index in [1.54, 1.807) is 0 Å². The number of fused-ring (bicyclic) bond motifs is 1. The monoisotopic (exact) mass is 126 g/mol. The Kier molecular flexibility index (Phi) is 0.875. The zero-order valence-electron chi connectivity index (χ0n) is 5.21. The number of carboxylic acids is 1. The molecule has 2 nitrogen and oxygen atoms in total. The molecule has 2 aliphatic carbocycles. The van der Waals surface area contributed by atoms with Gasteiger partial charge in [0.05, 0.1) is 5.92 Å². The van der Waals surface area contributed by atoms with E-state index in [0.29, 0.717) is 5.92 Å². The van der Waals surface area contributed by atoms with Gasteiger partial charge in [-0.05, 0) is 31.1 Å². The van der Waals surface area contributed by atoms with E-state index in [4.69, 9.17) is 5.11 Å². The number of hydrogen-bond acceptors (Lipinski definition) is 1. The number of aliphatic carboxylic acids is 1. The fourth-order valence-electron chi connectivity index (χ4n) is 2.01. The number of hydrogen-bond donors (Lipinski definition) is 1. The molecule has 0 amide bonds. The highest BCUT2D eigenvalue weighted by molar-refractivity contribution is 5.71. The summed E-state index contributed by atoms with van der Waals surface area (Å²) in [5.74, 6) is 0.823. The summed E-state index contributed by atoms with van der Waals surface area (Å²) in [7, 11) is 0. The van der Waals surface area contributed by atoms with E-state index in [2.05, 4.69) is 0 Å². The zero-order chi connectivity index (χ0) is 6.43. The molecule has 50 valence electrons. The first kappa shape index (κ1) is 5.27. The summed E-state index contributed by atoms with van der Waals surface area (Å²) < 4.78 is 0. The Morgan fingerprint density at radius 2 is 2.22 bits per heavy atom. The highest BCUT2D eigenvalue weighted by Crippen LogP contribution is 2.55. The van der Waals surface area contributed by atoms with E-state index in [0.717, 1.165) is 12.3 Å². The predicted octanol–water partition coefficient (Wildman–Crippen LogP) is 1.12. The molecule has 0 spiro atoms. The van der Waals surface area contributed by atoms with Crippen molar-refractivity contribution in [2.24, 2.45) is 17.8 Å². The fraction of sp³-hybridized carbons (Fsp3) is 0.857.